The first-order valence-corrected chi connectivity index (χ1v) is 7.24. The van der Waals surface area contributed by atoms with Crippen molar-refractivity contribution in [2.45, 2.75) is 51.6 Å². The lowest BCUT2D eigenvalue weighted by Gasteiger charge is -2.03. The molecule has 0 bridgehead atoms. The number of hydrogen-bond donors (Lipinski definition) is 0. The molecule has 0 spiro atoms. The molecule has 1 unspecified atom stereocenters. The fourth-order valence-electron chi connectivity index (χ4n) is 1.51. The average molecular weight is 284 g/mol. The largest absolute Gasteiger partial charge is 0.445 e. The predicted molar refractivity (Wildman–Crippen MR) is 88.3 cm³/mol. The van der Waals surface area contributed by atoms with Crippen LogP contribution in [0.5, 0.6) is 0 Å². The van der Waals surface area contributed by atoms with E-state index in [2.05, 4.69) is 49.0 Å². The number of allylic oxidation sites excluding steroid dienone is 3. The van der Waals surface area contributed by atoms with E-state index in [4.69, 9.17) is 4.74 Å². The van der Waals surface area contributed by atoms with Gasteiger partial charge in [-0.1, -0.05) is 37.1 Å². The maximum Gasteiger partial charge on any atom is 0.304 e. The van der Waals surface area contributed by atoms with E-state index in [1.54, 1.807) is 0 Å². The number of carbonyl (C=O) groups is 1. The summed E-state index contributed by atoms with van der Waals surface area (Å²) in [5.74, 6) is 10.7. The molecule has 0 aliphatic heterocycles. The van der Waals surface area contributed by atoms with Crippen molar-refractivity contribution in [1.29, 1.82) is 0 Å². The van der Waals surface area contributed by atoms with Gasteiger partial charge in [-0.25, -0.2) is 0 Å². The molecule has 21 heavy (non-hydrogen) atoms. The van der Waals surface area contributed by atoms with Crippen LogP contribution in [0.15, 0.2) is 37.5 Å². The van der Waals surface area contributed by atoms with Gasteiger partial charge in [-0.2, -0.15) is 0 Å². The first kappa shape index (κ1) is 18.8. The number of rotatable bonds is 9. The summed E-state index contributed by atoms with van der Waals surface area (Å²) in [6.07, 6.45) is 13.6. The van der Waals surface area contributed by atoms with Gasteiger partial charge in [0.25, 0.3) is 0 Å². The van der Waals surface area contributed by atoms with Gasteiger partial charge in [0.1, 0.15) is 0 Å². The first-order valence-electron chi connectivity index (χ1n) is 7.24. The molecule has 112 valence electrons. The zero-order valence-corrected chi connectivity index (χ0v) is 12.9. The second-order valence-electron chi connectivity index (χ2n) is 4.44. The number of hydrogen-bond acceptors (Lipinski definition) is 2. The lowest BCUT2D eigenvalue weighted by Crippen LogP contribution is -2.10. The van der Waals surface area contributed by atoms with Crippen LogP contribution in [-0.2, 0) is 9.53 Å². The minimum Gasteiger partial charge on any atom is -0.445 e. The van der Waals surface area contributed by atoms with Crippen molar-refractivity contribution in [3.63, 3.8) is 0 Å². The van der Waals surface area contributed by atoms with E-state index in [0.717, 1.165) is 12.8 Å². The minimum absolute atomic E-state index is 0.377. The number of unbranched alkanes of at least 4 members (excludes halogenated alkanes) is 4. The average Bonchev–Trinajstić information content (AvgIpc) is 2.46. The molecule has 0 aromatic carbocycles. The Bertz CT molecular complexity index is 463. The maximum atomic E-state index is 10.7. The quantitative estimate of drug-likeness (QED) is 0.274. The summed E-state index contributed by atoms with van der Waals surface area (Å²) < 4.78 is 4.88. The Balaban J connectivity index is 3.80. The Hall–Kier alpha value is -2.19. The van der Waals surface area contributed by atoms with Crippen molar-refractivity contribution in [2.75, 3.05) is 0 Å². The van der Waals surface area contributed by atoms with E-state index >= 15 is 0 Å². The Morgan fingerprint density at radius 2 is 1.90 bits per heavy atom. The molecular formula is C19H24O2. The van der Waals surface area contributed by atoms with E-state index in [0.29, 0.717) is 6.42 Å². The van der Waals surface area contributed by atoms with Gasteiger partial charge in [0, 0.05) is 13.3 Å². The molecular weight excluding hydrogens is 260 g/mol. The van der Waals surface area contributed by atoms with Crippen LogP contribution in [0.4, 0.5) is 0 Å². The van der Waals surface area contributed by atoms with Crippen molar-refractivity contribution in [2.24, 2.45) is 0 Å². The maximum absolute atomic E-state index is 10.7. The molecule has 2 nitrogen and oxygen atoms in total. The van der Waals surface area contributed by atoms with E-state index < -0.39 is 6.10 Å². The zero-order chi connectivity index (χ0) is 15.8. The van der Waals surface area contributed by atoms with Crippen LogP contribution in [0.1, 0.15) is 45.4 Å². The van der Waals surface area contributed by atoms with Crippen LogP contribution < -0.4 is 0 Å². The van der Waals surface area contributed by atoms with Crippen molar-refractivity contribution >= 4 is 5.97 Å². The lowest BCUT2D eigenvalue weighted by atomic mass is 10.1. The monoisotopic (exact) mass is 284 g/mol. The lowest BCUT2D eigenvalue weighted by molar-refractivity contribution is -0.142. The molecule has 0 fully saturated rings. The predicted octanol–water partition coefficient (Wildman–Crippen LogP) is 4.19. The van der Waals surface area contributed by atoms with Crippen LogP contribution in [0.3, 0.4) is 0 Å². The second kappa shape index (κ2) is 14.2. The third-order valence-corrected chi connectivity index (χ3v) is 2.54. The molecule has 0 heterocycles. The Labute approximate surface area is 129 Å². The highest BCUT2D eigenvalue weighted by Gasteiger charge is 2.00. The molecule has 0 rings (SSSR count). The molecule has 0 N–H and O–H groups in total. The van der Waals surface area contributed by atoms with E-state index in [-0.39, 0.29) is 5.97 Å². The number of esters is 1. The molecule has 0 aliphatic carbocycles. The summed E-state index contributed by atoms with van der Waals surface area (Å²) >= 11 is 0. The number of ether oxygens (including phenoxy) is 1. The fraction of sp³-hybridized carbons (Fsp3) is 0.421. The van der Waals surface area contributed by atoms with Crippen LogP contribution in [0.25, 0.3) is 0 Å². The van der Waals surface area contributed by atoms with Crippen molar-refractivity contribution in [3.8, 4) is 23.7 Å². The van der Waals surface area contributed by atoms with E-state index in [1.807, 2.05) is 6.08 Å². The highest BCUT2D eigenvalue weighted by atomic mass is 16.5. The molecule has 0 radical (unpaired) electrons. The second-order valence-corrected chi connectivity index (χ2v) is 4.44. The summed E-state index contributed by atoms with van der Waals surface area (Å²) in [6, 6.07) is 0. The third kappa shape index (κ3) is 14.0. The summed E-state index contributed by atoms with van der Waals surface area (Å²) in [6.45, 7) is 8.59. The van der Waals surface area contributed by atoms with E-state index in [9.17, 15) is 4.79 Å². The summed E-state index contributed by atoms with van der Waals surface area (Å²) in [4.78, 5) is 10.7. The van der Waals surface area contributed by atoms with Crippen molar-refractivity contribution in [3.05, 3.63) is 37.5 Å². The molecule has 0 aromatic heterocycles. The Kier molecular flexibility index (Phi) is 12.7. The summed E-state index contributed by atoms with van der Waals surface area (Å²) in [5.41, 5.74) is 0. The molecule has 0 aliphatic rings. The zero-order valence-electron chi connectivity index (χ0n) is 12.9. The van der Waals surface area contributed by atoms with Crippen molar-refractivity contribution < 1.29 is 9.53 Å². The SMILES string of the molecule is C=CCCCCCC=CCC#CC#CC(C=C)OC(C)=O. The topological polar surface area (TPSA) is 26.3 Å². The molecule has 2 heteroatoms. The van der Waals surface area contributed by atoms with Gasteiger partial charge in [0.15, 0.2) is 6.10 Å². The van der Waals surface area contributed by atoms with E-state index in [1.165, 1.54) is 32.3 Å². The van der Waals surface area contributed by atoms with Gasteiger partial charge in [0.05, 0.1) is 0 Å². The smallest absolute Gasteiger partial charge is 0.304 e. The van der Waals surface area contributed by atoms with Gasteiger partial charge in [-0.05, 0) is 49.5 Å². The first-order chi connectivity index (χ1) is 10.2. The number of carbonyl (C=O) groups excluding carboxylic acids is 1. The van der Waals surface area contributed by atoms with Crippen LogP contribution in [0.2, 0.25) is 0 Å². The van der Waals surface area contributed by atoms with Gasteiger partial charge < -0.3 is 4.74 Å². The molecule has 0 amide bonds. The standard InChI is InChI=1S/C19H24O2/c1-4-6-7-8-9-10-11-12-13-14-15-16-17-19(5-2)21-18(3)20/h4-5,11-12,19H,1-2,6-10,13H2,3H3. The summed E-state index contributed by atoms with van der Waals surface area (Å²) in [5, 5.41) is 0. The molecule has 0 aromatic rings. The molecule has 0 saturated carbocycles. The third-order valence-electron chi connectivity index (χ3n) is 2.54. The minimum atomic E-state index is -0.581. The highest BCUT2D eigenvalue weighted by Crippen LogP contribution is 2.03. The Morgan fingerprint density at radius 1 is 1.14 bits per heavy atom. The summed E-state index contributed by atoms with van der Waals surface area (Å²) in [7, 11) is 0. The van der Waals surface area contributed by atoms with Crippen LogP contribution in [-0.4, -0.2) is 12.1 Å². The van der Waals surface area contributed by atoms with Crippen LogP contribution >= 0.6 is 0 Å². The molecule has 0 saturated heterocycles. The highest BCUT2D eigenvalue weighted by molar-refractivity contribution is 5.66. The van der Waals surface area contributed by atoms with Gasteiger partial charge >= 0.3 is 5.97 Å². The van der Waals surface area contributed by atoms with Crippen LogP contribution in [0, 0.1) is 23.7 Å². The normalized spacial score (nSPS) is 10.7. The van der Waals surface area contributed by atoms with Gasteiger partial charge in [-0.15, -0.1) is 6.58 Å². The van der Waals surface area contributed by atoms with Crippen molar-refractivity contribution in [1.82, 2.24) is 0 Å². The Morgan fingerprint density at radius 3 is 2.57 bits per heavy atom. The van der Waals surface area contributed by atoms with Gasteiger partial charge in [0.2, 0.25) is 0 Å². The molecule has 1 atom stereocenters. The van der Waals surface area contributed by atoms with Gasteiger partial charge in [-0.3, -0.25) is 4.79 Å². The fourth-order valence-corrected chi connectivity index (χ4v) is 1.51.